The maximum atomic E-state index is 14.0. The van der Waals surface area contributed by atoms with E-state index < -0.39 is 11.8 Å². The Balaban J connectivity index is 1.23. The Morgan fingerprint density at radius 1 is 1.12 bits per heavy atom. The molecule has 0 saturated carbocycles. The second-order valence-corrected chi connectivity index (χ2v) is 8.66. The number of halogens is 1. The van der Waals surface area contributed by atoms with Crippen LogP contribution in [0, 0.1) is 5.82 Å². The van der Waals surface area contributed by atoms with Crippen molar-refractivity contribution in [3.63, 3.8) is 0 Å². The van der Waals surface area contributed by atoms with Gasteiger partial charge in [-0.1, -0.05) is 12.1 Å². The van der Waals surface area contributed by atoms with E-state index in [0.29, 0.717) is 11.4 Å². The van der Waals surface area contributed by atoms with Gasteiger partial charge in [-0.3, -0.25) is 9.69 Å². The number of benzene rings is 1. The topological polar surface area (TPSA) is 89.5 Å². The highest BCUT2D eigenvalue weighted by Gasteiger charge is 2.32. The normalized spacial score (nSPS) is 20.2. The van der Waals surface area contributed by atoms with Crippen LogP contribution in [0.3, 0.4) is 0 Å². The molecule has 2 saturated heterocycles. The summed E-state index contributed by atoms with van der Waals surface area (Å²) in [5, 5.41) is 9.79. The molecule has 1 aromatic carbocycles. The molecule has 0 aliphatic carbocycles. The number of aromatic carboxylic acids is 1. The fourth-order valence-corrected chi connectivity index (χ4v) is 5.08. The van der Waals surface area contributed by atoms with Gasteiger partial charge in [0.05, 0.1) is 17.3 Å². The summed E-state index contributed by atoms with van der Waals surface area (Å²) >= 11 is 0. The van der Waals surface area contributed by atoms with Crippen LogP contribution >= 0.6 is 0 Å². The number of aromatic nitrogens is 2. The van der Waals surface area contributed by atoms with Gasteiger partial charge in [0.2, 0.25) is 0 Å². The average molecular weight is 436 g/mol. The highest BCUT2D eigenvalue weighted by molar-refractivity contribution is 5.85. The van der Waals surface area contributed by atoms with Crippen LogP contribution in [-0.2, 0) is 0 Å². The number of carboxylic acid groups (broad SMARTS) is 1. The van der Waals surface area contributed by atoms with Crippen molar-refractivity contribution >= 4 is 22.4 Å². The Morgan fingerprint density at radius 3 is 2.66 bits per heavy atom. The number of H-pyrrole nitrogens is 1. The number of likely N-dealkylation sites (tertiary alicyclic amines) is 1. The second kappa shape index (κ2) is 8.35. The molecule has 8 heteroatoms. The molecule has 2 fully saturated rings. The Kier molecular flexibility index (Phi) is 5.38. The van der Waals surface area contributed by atoms with Crippen LogP contribution in [0.1, 0.15) is 41.4 Å². The van der Waals surface area contributed by atoms with Crippen molar-refractivity contribution in [3.8, 4) is 0 Å². The number of nitrogens with one attached hydrogen (secondary N) is 1. The lowest BCUT2D eigenvalue weighted by atomic mass is 10.0. The smallest absolute Gasteiger partial charge is 0.354 e. The van der Waals surface area contributed by atoms with E-state index in [-0.39, 0.29) is 22.6 Å². The Labute approximate surface area is 184 Å². The molecule has 166 valence electrons. The maximum Gasteiger partial charge on any atom is 0.354 e. The van der Waals surface area contributed by atoms with Crippen molar-refractivity contribution in [2.75, 3.05) is 31.1 Å². The molecule has 5 rings (SSSR count). The van der Waals surface area contributed by atoms with Crippen LogP contribution in [0.25, 0.3) is 10.8 Å². The first-order valence-corrected chi connectivity index (χ1v) is 11.0. The fraction of sp³-hybridized carbons (Fsp3) is 0.375. The Morgan fingerprint density at radius 2 is 1.94 bits per heavy atom. The van der Waals surface area contributed by atoms with Crippen molar-refractivity contribution in [3.05, 3.63) is 70.2 Å². The summed E-state index contributed by atoms with van der Waals surface area (Å²) in [4.78, 5) is 35.1. The van der Waals surface area contributed by atoms with Gasteiger partial charge >= 0.3 is 5.97 Å². The van der Waals surface area contributed by atoms with Crippen molar-refractivity contribution in [1.82, 2.24) is 14.9 Å². The molecule has 2 N–H and O–H groups in total. The molecule has 0 radical (unpaired) electrons. The molecule has 1 atom stereocenters. The zero-order chi connectivity index (χ0) is 22.2. The molecule has 0 unspecified atom stereocenters. The van der Waals surface area contributed by atoms with Crippen LogP contribution in [0.15, 0.2) is 47.4 Å². The minimum Gasteiger partial charge on any atom is -0.477 e. The standard InChI is InChI=1S/C24H25FN4O3/c25-19-3-1-2-15-12-21(27-23(30)22(15)19)16-6-9-29(14-16)17-7-10-28(11-8-17)18-4-5-20(24(31)32)26-13-18/h1-5,12-13,16-17H,6-11,14H2,(H,27,30)(H,31,32)/t16-/m0/s1. The van der Waals surface area contributed by atoms with Crippen LogP contribution in [0.4, 0.5) is 10.1 Å². The van der Waals surface area contributed by atoms with Crippen molar-refractivity contribution < 1.29 is 14.3 Å². The van der Waals surface area contributed by atoms with E-state index in [4.69, 9.17) is 5.11 Å². The van der Waals surface area contributed by atoms with Crippen LogP contribution in [0.2, 0.25) is 0 Å². The number of carboxylic acids is 1. The maximum absolute atomic E-state index is 14.0. The van der Waals surface area contributed by atoms with Gasteiger partial charge in [-0.25, -0.2) is 14.2 Å². The predicted octanol–water partition coefficient (Wildman–Crippen LogP) is 3.22. The van der Waals surface area contributed by atoms with Crippen LogP contribution in [0.5, 0.6) is 0 Å². The van der Waals surface area contributed by atoms with E-state index in [9.17, 15) is 14.0 Å². The Bertz CT molecular complexity index is 1200. The average Bonchev–Trinajstić information content (AvgIpc) is 3.29. The quantitative estimate of drug-likeness (QED) is 0.653. The predicted molar refractivity (Wildman–Crippen MR) is 120 cm³/mol. The molecule has 7 nitrogen and oxygen atoms in total. The molecule has 0 amide bonds. The fourth-order valence-electron chi connectivity index (χ4n) is 5.08. The lowest BCUT2D eigenvalue weighted by Crippen LogP contribution is -2.44. The number of hydrogen-bond acceptors (Lipinski definition) is 5. The van der Waals surface area contributed by atoms with E-state index in [1.807, 2.05) is 12.1 Å². The summed E-state index contributed by atoms with van der Waals surface area (Å²) in [5.74, 6) is -1.26. The monoisotopic (exact) mass is 436 g/mol. The summed E-state index contributed by atoms with van der Waals surface area (Å²) in [6.07, 6.45) is 4.64. The minimum absolute atomic E-state index is 0.0567. The highest BCUT2D eigenvalue weighted by atomic mass is 19.1. The van der Waals surface area contributed by atoms with Crippen LogP contribution < -0.4 is 10.5 Å². The van der Waals surface area contributed by atoms with E-state index in [1.165, 1.54) is 6.07 Å². The molecule has 2 aliphatic rings. The lowest BCUT2D eigenvalue weighted by molar-refractivity contribution is 0.0690. The number of fused-ring (bicyclic) bond motifs is 1. The van der Waals surface area contributed by atoms with Crippen molar-refractivity contribution in [2.45, 2.75) is 31.2 Å². The first-order valence-electron chi connectivity index (χ1n) is 11.0. The largest absolute Gasteiger partial charge is 0.477 e. The number of pyridine rings is 2. The number of piperidine rings is 1. The zero-order valence-electron chi connectivity index (χ0n) is 17.6. The molecule has 32 heavy (non-hydrogen) atoms. The molecule has 2 aliphatic heterocycles. The number of carbonyl (C=O) groups is 1. The summed E-state index contributed by atoms with van der Waals surface area (Å²) in [6, 6.07) is 10.5. The number of anilines is 1. The first kappa shape index (κ1) is 20.6. The van der Waals surface area contributed by atoms with E-state index in [1.54, 1.807) is 24.4 Å². The summed E-state index contributed by atoms with van der Waals surface area (Å²) in [6.45, 7) is 3.65. The van der Waals surface area contributed by atoms with Gasteiger partial charge in [-0.15, -0.1) is 0 Å². The van der Waals surface area contributed by atoms with Gasteiger partial charge in [0.1, 0.15) is 11.5 Å². The number of rotatable bonds is 4. The van der Waals surface area contributed by atoms with Gasteiger partial charge in [0, 0.05) is 37.3 Å². The molecule has 3 aromatic rings. The number of hydrogen-bond donors (Lipinski definition) is 2. The van der Waals surface area contributed by atoms with Gasteiger partial charge in [0.25, 0.3) is 5.56 Å². The molecular weight excluding hydrogens is 411 g/mol. The van der Waals surface area contributed by atoms with Gasteiger partial charge < -0.3 is 15.0 Å². The Hall–Kier alpha value is -3.26. The number of aromatic amines is 1. The second-order valence-electron chi connectivity index (χ2n) is 8.66. The van der Waals surface area contributed by atoms with E-state index in [2.05, 4.69) is 19.8 Å². The number of nitrogens with zero attached hydrogens (tertiary/aromatic N) is 3. The van der Waals surface area contributed by atoms with E-state index in [0.717, 1.165) is 56.8 Å². The van der Waals surface area contributed by atoms with Gasteiger partial charge in [-0.2, -0.15) is 0 Å². The third-order valence-electron chi connectivity index (χ3n) is 6.81. The molecule has 2 aromatic heterocycles. The van der Waals surface area contributed by atoms with Crippen molar-refractivity contribution in [1.29, 1.82) is 0 Å². The minimum atomic E-state index is -1.02. The third-order valence-corrected chi connectivity index (χ3v) is 6.81. The van der Waals surface area contributed by atoms with Crippen LogP contribution in [-0.4, -0.2) is 58.2 Å². The first-order chi connectivity index (χ1) is 15.5. The van der Waals surface area contributed by atoms with Gasteiger partial charge in [-0.05, 0) is 55.5 Å². The molecule has 4 heterocycles. The van der Waals surface area contributed by atoms with Crippen molar-refractivity contribution in [2.24, 2.45) is 0 Å². The summed E-state index contributed by atoms with van der Waals surface area (Å²) in [7, 11) is 0. The summed E-state index contributed by atoms with van der Waals surface area (Å²) < 4.78 is 14.0. The molecular formula is C24H25FN4O3. The summed E-state index contributed by atoms with van der Waals surface area (Å²) in [5.41, 5.74) is 1.54. The SMILES string of the molecule is O=C(O)c1ccc(N2CCC(N3CC[C@H](c4cc5cccc(F)c5c(=O)[nH]4)C3)CC2)cn1. The van der Waals surface area contributed by atoms with Gasteiger partial charge in [0.15, 0.2) is 0 Å². The lowest BCUT2D eigenvalue weighted by Gasteiger charge is -2.37. The zero-order valence-corrected chi connectivity index (χ0v) is 17.6. The van der Waals surface area contributed by atoms with E-state index >= 15 is 0 Å². The molecule has 0 spiro atoms. The molecule has 0 bridgehead atoms. The highest BCUT2D eigenvalue weighted by Crippen LogP contribution is 2.31. The third kappa shape index (κ3) is 3.86.